The summed E-state index contributed by atoms with van der Waals surface area (Å²) in [5.41, 5.74) is 7.38. The lowest BCUT2D eigenvalue weighted by atomic mass is 10.1. The summed E-state index contributed by atoms with van der Waals surface area (Å²) in [6.45, 7) is 13.0. The number of ketones is 1. The van der Waals surface area contributed by atoms with Crippen LogP contribution in [0.2, 0.25) is 0 Å². The monoisotopic (exact) mass is 365 g/mol. The third-order valence-corrected chi connectivity index (χ3v) is 6.35. The number of nitrogens with zero attached hydrogens (tertiary/aromatic N) is 3. The van der Waals surface area contributed by atoms with E-state index in [1.165, 1.54) is 35.3 Å². The molecule has 0 spiro atoms. The number of piperazine rings is 1. The molecule has 0 unspecified atom stereocenters. The molecule has 1 aliphatic heterocycles. The predicted molar refractivity (Wildman–Crippen MR) is 111 cm³/mol. The van der Waals surface area contributed by atoms with E-state index in [1.54, 1.807) is 0 Å². The number of benzene rings is 1. The maximum Gasteiger partial charge on any atom is 0.178 e. The van der Waals surface area contributed by atoms with Crippen molar-refractivity contribution in [3.8, 4) is 0 Å². The molecule has 2 aromatic rings. The Bertz CT molecular complexity index is 855. The van der Waals surface area contributed by atoms with Crippen LogP contribution in [-0.2, 0) is 0 Å². The molecule has 2 aliphatic rings. The highest BCUT2D eigenvalue weighted by Gasteiger charge is 2.29. The van der Waals surface area contributed by atoms with Crippen LogP contribution >= 0.6 is 0 Å². The van der Waals surface area contributed by atoms with E-state index in [0.717, 1.165) is 37.4 Å². The minimum Gasteiger partial charge on any atom is -0.369 e. The number of aromatic nitrogens is 1. The molecule has 0 N–H and O–H groups in total. The van der Waals surface area contributed by atoms with Crippen LogP contribution in [-0.4, -0.2) is 48.0 Å². The second-order valence-corrected chi connectivity index (χ2v) is 8.29. The highest BCUT2D eigenvalue weighted by molar-refractivity contribution is 5.99. The van der Waals surface area contributed by atoms with Crippen molar-refractivity contribution in [3.63, 3.8) is 0 Å². The van der Waals surface area contributed by atoms with Gasteiger partial charge in [-0.1, -0.05) is 12.1 Å². The van der Waals surface area contributed by atoms with E-state index >= 15 is 0 Å². The SMILES string of the molecule is Cc1cccc(N2CCN(CC(=O)c3cc(C)n(C4CC4)c3C)CC2)c1C. The molecule has 4 nitrogen and oxygen atoms in total. The van der Waals surface area contributed by atoms with E-state index < -0.39 is 0 Å². The lowest BCUT2D eigenvalue weighted by Gasteiger charge is -2.36. The summed E-state index contributed by atoms with van der Waals surface area (Å²) >= 11 is 0. The van der Waals surface area contributed by atoms with Gasteiger partial charge in [0, 0.05) is 54.9 Å². The molecule has 0 amide bonds. The summed E-state index contributed by atoms with van der Waals surface area (Å²) in [5.74, 6) is 0.273. The third kappa shape index (κ3) is 3.55. The van der Waals surface area contributed by atoms with E-state index in [2.05, 4.69) is 66.3 Å². The van der Waals surface area contributed by atoms with Crippen molar-refractivity contribution in [2.45, 2.75) is 46.6 Å². The first-order chi connectivity index (χ1) is 13.0. The molecule has 4 rings (SSSR count). The average molecular weight is 366 g/mol. The fraction of sp³-hybridized carbons (Fsp3) is 0.522. The number of carbonyl (C=O) groups excluding carboxylic acids is 1. The summed E-state index contributed by atoms with van der Waals surface area (Å²) in [4.78, 5) is 17.7. The van der Waals surface area contributed by atoms with E-state index in [0.29, 0.717) is 12.6 Å². The van der Waals surface area contributed by atoms with Crippen molar-refractivity contribution < 1.29 is 4.79 Å². The molecule has 2 heterocycles. The molecule has 1 aromatic carbocycles. The molecule has 0 bridgehead atoms. The summed E-state index contributed by atoms with van der Waals surface area (Å²) in [6, 6.07) is 9.26. The molecular weight excluding hydrogens is 334 g/mol. The second-order valence-electron chi connectivity index (χ2n) is 8.29. The topological polar surface area (TPSA) is 28.5 Å². The van der Waals surface area contributed by atoms with Crippen molar-refractivity contribution in [3.05, 3.63) is 52.3 Å². The molecule has 27 heavy (non-hydrogen) atoms. The summed E-state index contributed by atoms with van der Waals surface area (Å²) in [6.07, 6.45) is 2.51. The average Bonchev–Trinajstić information content (AvgIpc) is 3.43. The fourth-order valence-corrected chi connectivity index (χ4v) is 4.47. The summed E-state index contributed by atoms with van der Waals surface area (Å²) in [5, 5.41) is 0. The molecule has 1 aliphatic carbocycles. The van der Waals surface area contributed by atoms with Crippen LogP contribution in [0.15, 0.2) is 24.3 Å². The molecule has 0 atom stereocenters. The van der Waals surface area contributed by atoms with Crippen LogP contribution in [0, 0.1) is 27.7 Å². The minimum atomic E-state index is 0.273. The Labute approximate surface area is 162 Å². The quantitative estimate of drug-likeness (QED) is 0.748. The maximum absolute atomic E-state index is 12.9. The molecule has 1 saturated heterocycles. The lowest BCUT2D eigenvalue weighted by Crippen LogP contribution is -2.48. The van der Waals surface area contributed by atoms with Gasteiger partial charge in [-0.05, 0) is 63.8 Å². The largest absolute Gasteiger partial charge is 0.369 e. The molecule has 2 fully saturated rings. The van der Waals surface area contributed by atoms with Crippen molar-refractivity contribution in [2.24, 2.45) is 0 Å². The molecule has 0 radical (unpaired) electrons. The standard InChI is InChI=1S/C23H31N3O/c1-16-6-5-7-22(18(16)3)25-12-10-24(11-13-25)15-23(27)21-14-17(2)26(19(21)4)20-8-9-20/h5-7,14,20H,8-13,15H2,1-4H3. The number of carbonyl (C=O) groups is 1. The van der Waals surface area contributed by atoms with E-state index in [-0.39, 0.29) is 5.78 Å². The molecule has 1 saturated carbocycles. The van der Waals surface area contributed by atoms with Gasteiger partial charge < -0.3 is 9.47 Å². The number of hydrogen-bond acceptors (Lipinski definition) is 3. The van der Waals surface area contributed by atoms with Crippen LogP contribution in [0.5, 0.6) is 0 Å². The molecule has 4 heteroatoms. The van der Waals surface area contributed by atoms with Gasteiger partial charge in [-0.15, -0.1) is 0 Å². The van der Waals surface area contributed by atoms with Gasteiger partial charge in [0.05, 0.1) is 6.54 Å². The first-order valence-electron chi connectivity index (χ1n) is 10.2. The Balaban J connectivity index is 1.39. The third-order valence-electron chi connectivity index (χ3n) is 6.35. The lowest BCUT2D eigenvalue weighted by molar-refractivity contribution is 0.0925. The number of hydrogen-bond donors (Lipinski definition) is 0. The molecular formula is C23H31N3O. The van der Waals surface area contributed by atoms with Crippen LogP contribution in [0.25, 0.3) is 0 Å². The smallest absolute Gasteiger partial charge is 0.178 e. The Morgan fingerprint density at radius 1 is 1.04 bits per heavy atom. The van der Waals surface area contributed by atoms with Gasteiger partial charge in [0.2, 0.25) is 0 Å². The second kappa shape index (κ2) is 7.16. The van der Waals surface area contributed by atoms with E-state index in [4.69, 9.17) is 0 Å². The van der Waals surface area contributed by atoms with Gasteiger partial charge in [-0.2, -0.15) is 0 Å². The zero-order valence-electron chi connectivity index (χ0n) is 17.1. The Kier molecular flexibility index (Phi) is 4.85. The van der Waals surface area contributed by atoms with Gasteiger partial charge in [-0.25, -0.2) is 0 Å². The number of Topliss-reactive ketones (excluding diaryl/α,β-unsaturated/α-hetero) is 1. The highest BCUT2D eigenvalue weighted by atomic mass is 16.1. The van der Waals surface area contributed by atoms with Gasteiger partial charge in [0.15, 0.2) is 5.78 Å². The normalized spacial score (nSPS) is 18.1. The van der Waals surface area contributed by atoms with Crippen molar-refractivity contribution >= 4 is 11.5 Å². The van der Waals surface area contributed by atoms with Crippen molar-refractivity contribution in [1.29, 1.82) is 0 Å². The van der Waals surface area contributed by atoms with Gasteiger partial charge in [0.1, 0.15) is 0 Å². The first-order valence-corrected chi connectivity index (χ1v) is 10.2. The zero-order valence-corrected chi connectivity index (χ0v) is 17.1. The predicted octanol–water partition coefficient (Wildman–Crippen LogP) is 4.06. The highest BCUT2D eigenvalue weighted by Crippen LogP contribution is 2.38. The van der Waals surface area contributed by atoms with Gasteiger partial charge in [-0.3, -0.25) is 9.69 Å². The van der Waals surface area contributed by atoms with E-state index in [1.807, 2.05) is 0 Å². The minimum absolute atomic E-state index is 0.273. The Morgan fingerprint density at radius 2 is 1.74 bits per heavy atom. The van der Waals surface area contributed by atoms with Gasteiger partial charge in [0.25, 0.3) is 0 Å². The van der Waals surface area contributed by atoms with Crippen molar-refractivity contribution in [1.82, 2.24) is 9.47 Å². The maximum atomic E-state index is 12.9. The number of anilines is 1. The first kappa shape index (κ1) is 18.3. The molecule has 1 aromatic heterocycles. The fourth-order valence-electron chi connectivity index (χ4n) is 4.47. The van der Waals surface area contributed by atoms with Crippen LogP contribution in [0.4, 0.5) is 5.69 Å². The van der Waals surface area contributed by atoms with Crippen molar-refractivity contribution in [2.75, 3.05) is 37.6 Å². The van der Waals surface area contributed by atoms with E-state index in [9.17, 15) is 4.79 Å². The van der Waals surface area contributed by atoms with Gasteiger partial charge >= 0.3 is 0 Å². The number of rotatable bonds is 5. The van der Waals surface area contributed by atoms with Crippen LogP contribution in [0.3, 0.4) is 0 Å². The van der Waals surface area contributed by atoms with Crippen LogP contribution < -0.4 is 4.90 Å². The Morgan fingerprint density at radius 3 is 2.41 bits per heavy atom. The Hall–Kier alpha value is -2.07. The zero-order chi connectivity index (χ0) is 19.1. The van der Waals surface area contributed by atoms with Crippen LogP contribution in [0.1, 0.15) is 51.8 Å². The number of aryl methyl sites for hydroxylation is 2. The summed E-state index contributed by atoms with van der Waals surface area (Å²) < 4.78 is 2.37. The molecule has 144 valence electrons. The summed E-state index contributed by atoms with van der Waals surface area (Å²) in [7, 11) is 0.